The fourth-order valence-corrected chi connectivity index (χ4v) is 5.89. The van der Waals surface area contributed by atoms with Crippen molar-refractivity contribution in [3.8, 4) is 0 Å². The molecule has 0 fully saturated rings. The third-order valence-corrected chi connectivity index (χ3v) is 7.79. The molecule has 36 heavy (non-hydrogen) atoms. The first-order valence-corrected chi connectivity index (χ1v) is 12.3. The summed E-state index contributed by atoms with van der Waals surface area (Å²) in [6.07, 6.45) is 0. The number of carboxylic acid groups (broad SMARTS) is 2. The van der Waals surface area contributed by atoms with Gasteiger partial charge in [0.2, 0.25) is 0 Å². The first-order chi connectivity index (χ1) is 17.3. The molecule has 0 aliphatic heterocycles. The van der Waals surface area contributed by atoms with Crippen LogP contribution in [0.1, 0.15) is 52.6 Å². The van der Waals surface area contributed by atoms with E-state index in [2.05, 4.69) is 0 Å². The van der Waals surface area contributed by atoms with Gasteiger partial charge in [-0.15, -0.1) is 0 Å². The molecule has 0 unspecified atom stereocenters. The average molecular weight is 513 g/mol. The molecule has 0 heterocycles. The Labute approximate surface area is 214 Å². The second kappa shape index (κ2) is 9.49. The van der Waals surface area contributed by atoms with Gasteiger partial charge >= 0.3 is 11.9 Å². The minimum absolute atomic E-state index is 0.164. The van der Waals surface area contributed by atoms with E-state index < -0.39 is 11.9 Å². The van der Waals surface area contributed by atoms with Crippen molar-refractivity contribution < 1.29 is 29.4 Å². The van der Waals surface area contributed by atoms with Gasteiger partial charge in [0.15, 0.2) is 11.6 Å². The second-order valence-corrected chi connectivity index (χ2v) is 10.1. The van der Waals surface area contributed by atoms with E-state index in [4.69, 9.17) is 10.2 Å². The molecule has 4 aromatic rings. The van der Waals surface area contributed by atoms with Crippen LogP contribution in [0, 0.1) is 0 Å². The van der Waals surface area contributed by atoms with Crippen molar-refractivity contribution in [1.82, 2.24) is 0 Å². The van der Waals surface area contributed by atoms with E-state index in [1.807, 2.05) is 0 Å². The number of carboxylic acids is 2. The van der Waals surface area contributed by atoms with Gasteiger partial charge in [0.25, 0.3) is 0 Å². The molecular weight excluding hydrogens is 496 g/mol. The number of carbonyl (C=O) groups excluding carboxylic acids is 2. The number of fused-ring (bicyclic) bond motifs is 2. The van der Waals surface area contributed by atoms with E-state index in [0.29, 0.717) is 32.0 Å². The minimum Gasteiger partial charge on any atom is -0.478 e. The van der Waals surface area contributed by atoms with Gasteiger partial charge in [-0.05, 0) is 60.7 Å². The Morgan fingerprint density at radius 3 is 1.22 bits per heavy atom. The first kappa shape index (κ1) is 23.6. The van der Waals surface area contributed by atoms with Gasteiger partial charge < -0.3 is 10.2 Å². The maximum Gasteiger partial charge on any atom is 0.335 e. The predicted octanol–water partition coefficient (Wildman–Crippen LogP) is 6.16. The molecule has 0 saturated carbocycles. The number of hydrogen-bond donors (Lipinski definition) is 2. The van der Waals surface area contributed by atoms with Crippen molar-refractivity contribution in [1.29, 1.82) is 0 Å². The highest BCUT2D eigenvalue weighted by molar-refractivity contribution is 7.99. The molecule has 6 nitrogen and oxygen atoms in total. The molecule has 0 aromatic heterocycles. The molecule has 0 bridgehead atoms. The van der Waals surface area contributed by atoms with Gasteiger partial charge in [0, 0.05) is 41.8 Å². The van der Waals surface area contributed by atoms with Crippen LogP contribution in [-0.4, -0.2) is 33.7 Å². The van der Waals surface area contributed by atoms with Gasteiger partial charge in [-0.25, -0.2) is 9.59 Å². The van der Waals surface area contributed by atoms with Crippen molar-refractivity contribution in [3.05, 3.63) is 118 Å². The van der Waals surface area contributed by atoms with Crippen LogP contribution < -0.4 is 0 Å². The summed E-state index contributed by atoms with van der Waals surface area (Å²) >= 11 is 2.59. The zero-order valence-electron chi connectivity index (χ0n) is 18.4. The van der Waals surface area contributed by atoms with Crippen molar-refractivity contribution >= 4 is 47.0 Å². The molecule has 4 aromatic carbocycles. The number of rotatable bonds is 6. The fraction of sp³-hybridized carbons (Fsp3) is 0. The summed E-state index contributed by atoms with van der Waals surface area (Å²) in [7, 11) is 0. The van der Waals surface area contributed by atoms with Crippen molar-refractivity contribution in [2.45, 2.75) is 19.6 Å². The van der Waals surface area contributed by atoms with Crippen LogP contribution in [0.4, 0.5) is 0 Å². The predicted molar refractivity (Wildman–Crippen MR) is 135 cm³/mol. The molecule has 0 amide bonds. The number of aromatic carboxylic acids is 2. The summed E-state index contributed by atoms with van der Waals surface area (Å²) in [5.74, 6) is -2.55. The monoisotopic (exact) mass is 512 g/mol. The zero-order chi connectivity index (χ0) is 25.4. The van der Waals surface area contributed by atoms with Crippen LogP contribution in [0.3, 0.4) is 0 Å². The van der Waals surface area contributed by atoms with Crippen LogP contribution in [0.5, 0.6) is 0 Å². The lowest BCUT2D eigenvalue weighted by molar-refractivity contribution is 0.0686. The summed E-state index contributed by atoms with van der Waals surface area (Å²) in [5.41, 5.74) is 1.61. The molecular formula is C28H16O6S2. The quantitative estimate of drug-likeness (QED) is 0.278. The van der Waals surface area contributed by atoms with E-state index >= 15 is 0 Å². The highest BCUT2D eigenvalue weighted by Gasteiger charge is 2.33. The molecule has 1 aliphatic rings. The van der Waals surface area contributed by atoms with Gasteiger partial charge in [0.1, 0.15) is 0 Å². The second-order valence-electron chi connectivity index (χ2n) is 7.88. The van der Waals surface area contributed by atoms with E-state index in [0.717, 1.165) is 9.79 Å². The summed E-state index contributed by atoms with van der Waals surface area (Å²) in [4.78, 5) is 52.2. The number of carbonyl (C=O) groups is 4. The third-order valence-electron chi connectivity index (χ3n) is 5.65. The Kier molecular flexibility index (Phi) is 6.22. The fourth-order valence-electron chi connectivity index (χ4n) is 3.93. The summed E-state index contributed by atoms with van der Waals surface area (Å²) in [6.45, 7) is 0. The number of ketones is 2. The molecule has 0 radical (unpaired) electrons. The average Bonchev–Trinajstić information content (AvgIpc) is 2.88. The van der Waals surface area contributed by atoms with Crippen LogP contribution in [-0.2, 0) is 0 Å². The summed E-state index contributed by atoms with van der Waals surface area (Å²) in [6, 6.07) is 22.9. The van der Waals surface area contributed by atoms with Crippen LogP contribution in [0.25, 0.3) is 0 Å². The van der Waals surface area contributed by atoms with Gasteiger partial charge in [0.05, 0.1) is 11.1 Å². The standard InChI is InChI=1S/C28H16O6S2/c29-25-19-3-1-5-21(35-17-11-7-15(8-12-17)27(31)32)23(19)26(30)20-4-2-6-22(24(20)25)36-18-13-9-16(10-14-18)28(33)34/h1-14H,(H,31,32)(H,33,34). The highest BCUT2D eigenvalue weighted by atomic mass is 32.2. The summed E-state index contributed by atoms with van der Waals surface area (Å²) < 4.78 is 0. The van der Waals surface area contributed by atoms with Crippen LogP contribution in [0.2, 0.25) is 0 Å². The van der Waals surface area contributed by atoms with Crippen molar-refractivity contribution in [2.75, 3.05) is 0 Å². The van der Waals surface area contributed by atoms with Gasteiger partial charge in [-0.3, -0.25) is 9.59 Å². The maximum atomic E-state index is 13.6. The van der Waals surface area contributed by atoms with Gasteiger partial charge in [-0.2, -0.15) is 0 Å². The third kappa shape index (κ3) is 4.32. The number of benzene rings is 4. The van der Waals surface area contributed by atoms with E-state index in [1.54, 1.807) is 60.7 Å². The molecule has 2 N–H and O–H groups in total. The minimum atomic E-state index is -1.02. The molecule has 1 aliphatic carbocycles. The Balaban J connectivity index is 1.50. The topological polar surface area (TPSA) is 109 Å². The Bertz CT molecular complexity index is 1440. The lowest BCUT2D eigenvalue weighted by Crippen LogP contribution is -2.22. The molecule has 0 spiro atoms. The Morgan fingerprint density at radius 2 is 0.889 bits per heavy atom. The van der Waals surface area contributed by atoms with Crippen LogP contribution >= 0.6 is 23.5 Å². The molecule has 176 valence electrons. The molecule has 0 atom stereocenters. The van der Waals surface area contributed by atoms with E-state index in [1.165, 1.54) is 47.8 Å². The number of hydrogen-bond acceptors (Lipinski definition) is 6. The largest absolute Gasteiger partial charge is 0.478 e. The van der Waals surface area contributed by atoms with Crippen LogP contribution in [0.15, 0.2) is 105 Å². The molecule has 8 heteroatoms. The summed E-state index contributed by atoms with van der Waals surface area (Å²) in [5, 5.41) is 18.2. The molecule has 0 saturated heterocycles. The Morgan fingerprint density at radius 1 is 0.528 bits per heavy atom. The highest BCUT2D eigenvalue weighted by Crippen LogP contribution is 2.41. The normalized spacial score (nSPS) is 12.1. The first-order valence-electron chi connectivity index (χ1n) is 10.7. The van der Waals surface area contributed by atoms with E-state index in [9.17, 15) is 19.2 Å². The van der Waals surface area contributed by atoms with Gasteiger partial charge in [-0.1, -0.05) is 47.8 Å². The lowest BCUT2D eigenvalue weighted by atomic mass is 9.84. The SMILES string of the molecule is O=C(O)c1ccc(Sc2cccc3c2C(=O)c2cccc(Sc4ccc(C(=O)O)cc4)c2C3=O)cc1. The Hall–Kier alpha value is -4.14. The maximum absolute atomic E-state index is 13.6. The zero-order valence-corrected chi connectivity index (χ0v) is 20.1. The lowest BCUT2D eigenvalue weighted by Gasteiger charge is -2.22. The van der Waals surface area contributed by atoms with Crippen molar-refractivity contribution in [2.24, 2.45) is 0 Å². The van der Waals surface area contributed by atoms with E-state index in [-0.39, 0.29) is 22.7 Å². The molecule has 5 rings (SSSR count). The van der Waals surface area contributed by atoms with Crippen molar-refractivity contribution in [3.63, 3.8) is 0 Å². The smallest absolute Gasteiger partial charge is 0.335 e.